The molecule has 0 amide bonds. The van der Waals surface area contributed by atoms with Crippen LogP contribution in [0.2, 0.25) is 6.82 Å². The Labute approximate surface area is 118 Å². The Kier molecular flexibility index (Phi) is 4.59. The van der Waals surface area contributed by atoms with E-state index < -0.39 is 6.92 Å². The zero-order chi connectivity index (χ0) is 14.5. The van der Waals surface area contributed by atoms with Gasteiger partial charge in [0.1, 0.15) is 11.6 Å². The minimum atomic E-state index is -0.553. The Morgan fingerprint density at radius 3 is 2.30 bits per heavy atom. The Balaban J connectivity index is 2.28. The lowest BCUT2D eigenvalue weighted by Crippen LogP contribution is -2.26. The van der Waals surface area contributed by atoms with Gasteiger partial charge in [-0.1, -0.05) is 37.2 Å². The highest BCUT2D eigenvalue weighted by molar-refractivity contribution is 6.64. The smallest absolute Gasteiger partial charge is 0.320 e. The maximum Gasteiger partial charge on any atom is 0.320 e. The summed E-state index contributed by atoms with van der Waals surface area (Å²) in [6, 6.07) is 11.8. The number of hydrogen-bond acceptors (Lipinski definition) is 2. The normalized spacial score (nSPS) is 10.8. The van der Waals surface area contributed by atoms with Gasteiger partial charge in [-0.25, -0.2) is 4.39 Å². The van der Waals surface area contributed by atoms with E-state index in [1.807, 2.05) is 24.3 Å². The summed E-state index contributed by atoms with van der Waals surface area (Å²) in [6.45, 7) is 1.16. The van der Waals surface area contributed by atoms with Crippen LogP contribution in [0.3, 0.4) is 0 Å². The van der Waals surface area contributed by atoms with Gasteiger partial charge >= 0.3 is 6.92 Å². The number of methoxy groups -OCH3 is 1. The molecule has 20 heavy (non-hydrogen) atoms. The average Bonchev–Trinajstić information content (AvgIpc) is 2.46. The van der Waals surface area contributed by atoms with Crippen molar-refractivity contribution in [3.05, 3.63) is 59.4 Å². The van der Waals surface area contributed by atoms with Crippen molar-refractivity contribution in [2.75, 3.05) is 7.11 Å². The van der Waals surface area contributed by atoms with Gasteiger partial charge in [-0.15, -0.1) is 0 Å². The van der Waals surface area contributed by atoms with Gasteiger partial charge in [0.25, 0.3) is 0 Å². The molecule has 0 saturated heterocycles. The molecule has 2 rings (SSSR count). The molecular formula is C16H16BFO2. The van der Waals surface area contributed by atoms with Crippen molar-refractivity contribution >= 4 is 24.5 Å². The molecule has 0 aliphatic heterocycles. The van der Waals surface area contributed by atoms with Crippen molar-refractivity contribution in [2.24, 2.45) is 0 Å². The second-order valence-corrected chi connectivity index (χ2v) is 4.60. The van der Waals surface area contributed by atoms with E-state index in [4.69, 9.17) is 4.74 Å². The Hall–Kier alpha value is -2.07. The van der Waals surface area contributed by atoms with Crippen LogP contribution in [0.5, 0.6) is 5.75 Å². The fourth-order valence-corrected chi connectivity index (χ4v) is 1.87. The number of hydrogen-bond donors (Lipinski definition) is 1. The Morgan fingerprint density at radius 1 is 1.05 bits per heavy atom. The van der Waals surface area contributed by atoms with Crippen molar-refractivity contribution in [2.45, 2.75) is 6.82 Å². The first-order valence-corrected chi connectivity index (χ1v) is 6.39. The summed E-state index contributed by atoms with van der Waals surface area (Å²) in [4.78, 5) is 0. The molecule has 2 nitrogen and oxygen atoms in total. The molecule has 0 aromatic heterocycles. The Morgan fingerprint density at radius 2 is 1.70 bits per heavy atom. The van der Waals surface area contributed by atoms with Gasteiger partial charge in [-0.3, -0.25) is 0 Å². The fraction of sp³-hybridized carbons (Fsp3) is 0.125. The van der Waals surface area contributed by atoms with Crippen molar-refractivity contribution in [1.82, 2.24) is 0 Å². The summed E-state index contributed by atoms with van der Waals surface area (Å²) in [5.41, 5.74) is 2.63. The van der Waals surface area contributed by atoms with E-state index >= 15 is 0 Å². The maximum absolute atomic E-state index is 12.8. The van der Waals surface area contributed by atoms with E-state index in [-0.39, 0.29) is 5.82 Å². The lowest BCUT2D eigenvalue weighted by molar-refractivity contribution is 0.415. The minimum absolute atomic E-state index is 0.250. The predicted octanol–water partition coefficient (Wildman–Crippen LogP) is 2.83. The monoisotopic (exact) mass is 270 g/mol. The quantitative estimate of drug-likeness (QED) is 0.683. The minimum Gasteiger partial charge on any atom is -0.497 e. The number of benzene rings is 2. The molecule has 0 heterocycles. The first-order valence-electron chi connectivity index (χ1n) is 6.39. The van der Waals surface area contributed by atoms with Gasteiger partial charge in [0.2, 0.25) is 0 Å². The largest absolute Gasteiger partial charge is 0.497 e. The average molecular weight is 270 g/mol. The van der Waals surface area contributed by atoms with E-state index in [0.717, 1.165) is 16.6 Å². The summed E-state index contributed by atoms with van der Waals surface area (Å²) in [7, 11) is 1.59. The van der Waals surface area contributed by atoms with Crippen LogP contribution in [0.4, 0.5) is 4.39 Å². The SMILES string of the molecule is COc1cc(/C=C/c2ccc(F)cc2)cc(B(C)O)c1. The lowest BCUT2D eigenvalue weighted by Gasteiger charge is -2.07. The van der Waals surface area contributed by atoms with Crippen LogP contribution in [-0.4, -0.2) is 19.0 Å². The van der Waals surface area contributed by atoms with Gasteiger partial charge in [-0.2, -0.15) is 0 Å². The zero-order valence-electron chi connectivity index (χ0n) is 11.5. The van der Waals surface area contributed by atoms with Gasteiger partial charge in [0, 0.05) is 0 Å². The molecule has 0 atom stereocenters. The van der Waals surface area contributed by atoms with Crippen molar-refractivity contribution in [3.8, 4) is 5.75 Å². The maximum atomic E-state index is 12.8. The summed E-state index contributed by atoms with van der Waals surface area (Å²) in [5.74, 6) is 0.446. The van der Waals surface area contributed by atoms with Crippen LogP contribution >= 0.6 is 0 Å². The second-order valence-electron chi connectivity index (χ2n) is 4.60. The molecular weight excluding hydrogens is 254 g/mol. The third-order valence-electron chi connectivity index (χ3n) is 3.01. The predicted molar refractivity (Wildman–Crippen MR) is 81.8 cm³/mol. The van der Waals surface area contributed by atoms with Gasteiger partial charge in [0.15, 0.2) is 0 Å². The second kappa shape index (κ2) is 6.39. The van der Waals surface area contributed by atoms with Crippen LogP contribution in [0.25, 0.3) is 12.2 Å². The first-order chi connectivity index (χ1) is 9.58. The van der Waals surface area contributed by atoms with Crippen molar-refractivity contribution in [1.29, 1.82) is 0 Å². The van der Waals surface area contributed by atoms with Crippen LogP contribution in [-0.2, 0) is 0 Å². The molecule has 2 aromatic carbocycles. The molecule has 102 valence electrons. The van der Waals surface area contributed by atoms with Crippen LogP contribution in [0.1, 0.15) is 11.1 Å². The van der Waals surface area contributed by atoms with E-state index in [2.05, 4.69) is 0 Å². The van der Waals surface area contributed by atoms with Gasteiger partial charge in [0.05, 0.1) is 7.11 Å². The topological polar surface area (TPSA) is 29.5 Å². The zero-order valence-corrected chi connectivity index (χ0v) is 11.5. The molecule has 0 aliphatic carbocycles. The fourth-order valence-electron chi connectivity index (χ4n) is 1.87. The Bertz CT molecular complexity index is 606. The van der Waals surface area contributed by atoms with E-state index in [0.29, 0.717) is 5.75 Å². The number of rotatable bonds is 4. The summed E-state index contributed by atoms with van der Waals surface area (Å²) in [6.07, 6.45) is 3.79. The van der Waals surface area contributed by atoms with Gasteiger partial charge in [-0.05, 0) is 40.9 Å². The lowest BCUT2D eigenvalue weighted by atomic mass is 9.64. The molecule has 0 radical (unpaired) electrons. The third-order valence-corrected chi connectivity index (χ3v) is 3.01. The van der Waals surface area contributed by atoms with Crippen molar-refractivity contribution in [3.63, 3.8) is 0 Å². The molecule has 4 heteroatoms. The third kappa shape index (κ3) is 3.71. The highest BCUT2D eigenvalue weighted by Gasteiger charge is 2.08. The molecule has 0 aliphatic rings. The van der Waals surface area contributed by atoms with E-state index in [1.165, 1.54) is 12.1 Å². The van der Waals surface area contributed by atoms with Crippen molar-refractivity contribution < 1.29 is 14.2 Å². The number of halogens is 1. The standard InChI is InChI=1S/C16H16BFO2/c1-17(19)14-9-13(10-16(11-14)20-2)4-3-12-5-7-15(18)8-6-12/h3-11,19H,1-2H3/b4-3+. The molecule has 0 fully saturated rings. The molecule has 0 unspecified atom stereocenters. The molecule has 0 saturated carbocycles. The van der Waals surface area contributed by atoms with E-state index in [9.17, 15) is 9.41 Å². The van der Waals surface area contributed by atoms with E-state index in [1.54, 1.807) is 32.1 Å². The molecule has 2 aromatic rings. The highest BCUT2D eigenvalue weighted by Crippen LogP contribution is 2.15. The summed E-state index contributed by atoms with van der Waals surface area (Å²) < 4.78 is 18.0. The molecule has 0 spiro atoms. The summed E-state index contributed by atoms with van der Waals surface area (Å²) >= 11 is 0. The first kappa shape index (κ1) is 14.3. The highest BCUT2D eigenvalue weighted by atomic mass is 19.1. The van der Waals surface area contributed by atoms with Crippen LogP contribution in [0.15, 0.2) is 42.5 Å². The van der Waals surface area contributed by atoms with Crippen LogP contribution in [0, 0.1) is 5.82 Å². The van der Waals surface area contributed by atoms with Crippen LogP contribution < -0.4 is 10.2 Å². The number of ether oxygens (including phenoxy) is 1. The molecule has 1 N–H and O–H groups in total. The van der Waals surface area contributed by atoms with Gasteiger partial charge < -0.3 is 9.76 Å². The summed E-state index contributed by atoms with van der Waals surface area (Å²) in [5, 5.41) is 9.66. The molecule has 0 bridgehead atoms.